The fourth-order valence-corrected chi connectivity index (χ4v) is 3.82. The number of rotatable bonds is 4. The zero-order valence-electron chi connectivity index (χ0n) is 15.5. The summed E-state index contributed by atoms with van der Waals surface area (Å²) in [7, 11) is 0. The fraction of sp³-hybridized carbons (Fsp3) is 0.476. The molecule has 3 rings (SSSR count). The van der Waals surface area contributed by atoms with Crippen molar-refractivity contribution in [1.82, 2.24) is 9.66 Å². The molecule has 1 aliphatic carbocycles. The Balaban J connectivity index is 1.77. The first-order chi connectivity index (χ1) is 11.4. The average molecular weight is 323 g/mol. The van der Waals surface area contributed by atoms with Gasteiger partial charge in [0, 0.05) is 5.92 Å². The van der Waals surface area contributed by atoms with Gasteiger partial charge in [-0.2, -0.15) is 0 Å². The van der Waals surface area contributed by atoms with Crippen LogP contribution in [0.4, 0.5) is 0 Å². The molecule has 0 spiro atoms. The summed E-state index contributed by atoms with van der Waals surface area (Å²) in [6, 6.07) is 8.49. The lowest BCUT2D eigenvalue weighted by Gasteiger charge is -2.37. The van der Waals surface area contributed by atoms with Crippen LogP contribution in [0.15, 0.2) is 48.1 Å². The average Bonchev–Trinajstić information content (AvgIpc) is 2.82. The summed E-state index contributed by atoms with van der Waals surface area (Å²) in [6.07, 6.45) is 9.54. The van der Waals surface area contributed by atoms with E-state index in [4.69, 9.17) is 0 Å². The van der Waals surface area contributed by atoms with E-state index in [1.54, 1.807) is 0 Å². The number of hydrogen-bond acceptors (Lipinski definition) is 2. The summed E-state index contributed by atoms with van der Waals surface area (Å²) >= 11 is 0. The highest BCUT2D eigenvalue weighted by atomic mass is 15.4. The van der Waals surface area contributed by atoms with E-state index >= 15 is 0 Å². The minimum Gasteiger partial charge on any atom is -0.318 e. The molecule has 1 heterocycles. The summed E-state index contributed by atoms with van der Waals surface area (Å²) in [5, 5.41) is 0. The molecule has 2 unspecified atom stereocenters. The molecule has 0 fully saturated rings. The van der Waals surface area contributed by atoms with Gasteiger partial charge in [0.1, 0.15) is 5.82 Å². The van der Waals surface area contributed by atoms with E-state index in [9.17, 15) is 0 Å². The maximum absolute atomic E-state index is 4.62. The maximum atomic E-state index is 4.62. The van der Waals surface area contributed by atoms with E-state index in [-0.39, 0.29) is 6.04 Å². The standard InChI is InChI=1S/C21H29N3/c1-15-9-8-14-21(4,5)18(15)13-12-16(2)23-24-17(3)22-19-10-6-7-11-20(19)24/h6-7,9-13,16,18,23H,8,14H2,1-5H3/b13-12+. The van der Waals surface area contributed by atoms with Crippen LogP contribution in [0.2, 0.25) is 0 Å². The van der Waals surface area contributed by atoms with Crippen molar-refractivity contribution in [1.29, 1.82) is 0 Å². The molecule has 0 aliphatic heterocycles. The van der Waals surface area contributed by atoms with E-state index in [1.165, 1.54) is 18.4 Å². The Hall–Kier alpha value is -2.03. The topological polar surface area (TPSA) is 29.9 Å². The molecular weight excluding hydrogens is 294 g/mol. The van der Waals surface area contributed by atoms with Crippen LogP contribution in [-0.2, 0) is 0 Å². The Morgan fingerprint density at radius 3 is 2.79 bits per heavy atom. The van der Waals surface area contributed by atoms with Gasteiger partial charge in [-0.15, -0.1) is 0 Å². The number of aryl methyl sites for hydroxylation is 1. The molecule has 2 atom stereocenters. The van der Waals surface area contributed by atoms with Crippen molar-refractivity contribution >= 4 is 11.0 Å². The number of benzene rings is 1. The summed E-state index contributed by atoms with van der Waals surface area (Å²) in [5.74, 6) is 1.52. The van der Waals surface area contributed by atoms with E-state index in [0.29, 0.717) is 11.3 Å². The monoisotopic (exact) mass is 323 g/mol. The highest BCUT2D eigenvalue weighted by Gasteiger charge is 2.30. The lowest BCUT2D eigenvalue weighted by molar-refractivity contribution is 0.255. The van der Waals surface area contributed by atoms with Gasteiger partial charge in [0.25, 0.3) is 0 Å². The second-order valence-electron chi connectivity index (χ2n) is 7.74. The van der Waals surface area contributed by atoms with Crippen LogP contribution in [0.1, 0.15) is 46.4 Å². The number of hydrogen-bond donors (Lipinski definition) is 1. The van der Waals surface area contributed by atoms with E-state index < -0.39 is 0 Å². The molecule has 1 aromatic heterocycles. The molecule has 128 valence electrons. The lowest BCUT2D eigenvalue weighted by Crippen LogP contribution is -2.28. The number of fused-ring (bicyclic) bond motifs is 1. The first kappa shape index (κ1) is 16.8. The highest BCUT2D eigenvalue weighted by molar-refractivity contribution is 5.76. The Labute approximate surface area is 145 Å². The molecule has 1 N–H and O–H groups in total. The van der Waals surface area contributed by atoms with Crippen LogP contribution in [0.3, 0.4) is 0 Å². The van der Waals surface area contributed by atoms with Crippen molar-refractivity contribution in [2.75, 3.05) is 5.43 Å². The Bertz CT molecular complexity index is 779. The predicted molar refractivity (Wildman–Crippen MR) is 103 cm³/mol. The molecule has 1 aromatic carbocycles. The first-order valence-corrected chi connectivity index (χ1v) is 8.94. The number of allylic oxidation sites excluding steroid dienone is 3. The predicted octanol–water partition coefficient (Wildman–Crippen LogP) is 5.22. The first-order valence-electron chi connectivity index (χ1n) is 8.94. The van der Waals surface area contributed by atoms with E-state index in [1.807, 2.05) is 13.0 Å². The minimum absolute atomic E-state index is 0.242. The fourth-order valence-electron chi connectivity index (χ4n) is 3.82. The second kappa shape index (κ2) is 6.46. The van der Waals surface area contributed by atoms with Gasteiger partial charge in [-0.3, -0.25) is 0 Å². The van der Waals surface area contributed by atoms with Crippen LogP contribution in [-0.4, -0.2) is 15.7 Å². The number of nitrogens with one attached hydrogen (secondary N) is 1. The quantitative estimate of drug-likeness (QED) is 0.782. The SMILES string of the molecule is CC1=CCCC(C)(C)C1/C=C/C(C)Nn1c(C)nc2ccccc21. The Morgan fingerprint density at radius 2 is 2.04 bits per heavy atom. The molecule has 24 heavy (non-hydrogen) atoms. The Kier molecular flexibility index (Phi) is 4.53. The lowest BCUT2D eigenvalue weighted by atomic mass is 9.68. The van der Waals surface area contributed by atoms with Crippen molar-refractivity contribution in [3.63, 3.8) is 0 Å². The number of nitrogens with zero attached hydrogens (tertiary/aromatic N) is 2. The van der Waals surface area contributed by atoms with Crippen LogP contribution in [0.25, 0.3) is 11.0 Å². The molecule has 0 amide bonds. The highest BCUT2D eigenvalue weighted by Crippen LogP contribution is 2.41. The summed E-state index contributed by atoms with van der Waals surface area (Å²) in [5.41, 5.74) is 7.56. The van der Waals surface area contributed by atoms with Crippen molar-refractivity contribution in [3.05, 3.63) is 53.9 Å². The van der Waals surface area contributed by atoms with Crippen molar-refractivity contribution in [2.45, 2.75) is 53.5 Å². The Morgan fingerprint density at radius 1 is 1.29 bits per heavy atom. The van der Waals surface area contributed by atoms with Gasteiger partial charge in [-0.05, 0) is 51.2 Å². The maximum Gasteiger partial charge on any atom is 0.125 e. The summed E-state index contributed by atoms with van der Waals surface area (Å²) in [6.45, 7) is 11.3. The van der Waals surface area contributed by atoms with Crippen molar-refractivity contribution in [2.24, 2.45) is 11.3 Å². The molecular formula is C21H29N3. The number of aromatic nitrogens is 2. The van der Waals surface area contributed by atoms with Gasteiger partial charge in [-0.25, -0.2) is 9.66 Å². The van der Waals surface area contributed by atoms with Gasteiger partial charge >= 0.3 is 0 Å². The second-order valence-corrected chi connectivity index (χ2v) is 7.74. The van der Waals surface area contributed by atoms with Gasteiger partial charge in [-0.1, -0.05) is 49.8 Å². The molecule has 3 heteroatoms. The zero-order valence-corrected chi connectivity index (χ0v) is 15.5. The summed E-state index contributed by atoms with van der Waals surface area (Å²) < 4.78 is 2.10. The largest absolute Gasteiger partial charge is 0.318 e. The third-order valence-electron chi connectivity index (χ3n) is 5.24. The van der Waals surface area contributed by atoms with Gasteiger partial charge < -0.3 is 5.43 Å². The normalized spacial score (nSPS) is 21.9. The van der Waals surface area contributed by atoms with Gasteiger partial charge in [0.05, 0.1) is 17.1 Å². The molecule has 3 nitrogen and oxygen atoms in total. The van der Waals surface area contributed by atoms with E-state index in [2.05, 4.69) is 79.2 Å². The molecule has 2 aromatic rings. The van der Waals surface area contributed by atoms with Gasteiger partial charge in [0.15, 0.2) is 0 Å². The molecule has 0 saturated heterocycles. The van der Waals surface area contributed by atoms with Gasteiger partial charge in [0.2, 0.25) is 0 Å². The van der Waals surface area contributed by atoms with Crippen LogP contribution < -0.4 is 5.43 Å². The summed E-state index contributed by atoms with van der Waals surface area (Å²) in [4.78, 5) is 4.62. The third-order valence-corrected chi connectivity index (χ3v) is 5.24. The number of imidazole rings is 1. The van der Waals surface area contributed by atoms with Crippen LogP contribution in [0.5, 0.6) is 0 Å². The molecule has 0 bridgehead atoms. The zero-order chi connectivity index (χ0) is 17.3. The van der Waals surface area contributed by atoms with E-state index in [0.717, 1.165) is 16.9 Å². The molecule has 1 aliphatic rings. The number of para-hydroxylation sites is 2. The minimum atomic E-state index is 0.242. The van der Waals surface area contributed by atoms with Crippen molar-refractivity contribution in [3.8, 4) is 0 Å². The van der Waals surface area contributed by atoms with Crippen LogP contribution in [0, 0.1) is 18.3 Å². The smallest absolute Gasteiger partial charge is 0.125 e. The van der Waals surface area contributed by atoms with Crippen molar-refractivity contribution < 1.29 is 0 Å². The third kappa shape index (κ3) is 3.26. The molecule has 0 saturated carbocycles. The van der Waals surface area contributed by atoms with Crippen LogP contribution >= 0.6 is 0 Å². The molecule has 0 radical (unpaired) electrons.